The van der Waals surface area contributed by atoms with Crippen LogP contribution in [0.2, 0.25) is 0 Å². The zero-order valence-corrected chi connectivity index (χ0v) is 20.1. The Morgan fingerprint density at radius 2 is 1.38 bits per heavy atom. The van der Waals surface area contributed by atoms with E-state index in [1.165, 1.54) is 36.6 Å². The van der Waals surface area contributed by atoms with Crippen LogP contribution in [0.5, 0.6) is 0 Å². The van der Waals surface area contributed by atoms with Gasteiger partial charge in [0.2, 0.25) is 0 Å². The van der Waals surface area contributed by atoms with E-state index in [9.17, 15) is 19.8 Å². The second-order valence-electron chi connectivity index (χ2n) is 8.32. The third kappa shape index (κ3) is 8.03. The van der Waals surface area contributed by atoms with Gasteiger partial charge < -0.3 is 10.2 Å². The number of benzene rings is 2. The monoisotopic (exact) mass is 477 g/mol. The first-order valence-electron chi connectivity index (χ1n) is 11.8. The summed E-state index contributed by atoms with van der Waals surface area (Å²) in [5.41, 5.74) is 3.11. The fraction of sp³-hybridized carbons (Fsp3) is 0.321. The largest absolute Gasteiger partial charge is 0.481 e. The first-order valence-corrected chi connectivity index (χ1v) is 12.6. The van der Waals surface area contributed by atoms with E-state index >= 15 is 0 Å². The number of carboxylic acids is 2. The van der Waals surface area contributed by atoms with Crippen molar-refractivity contribution in [2.75, 3.05) is 0 Å². The molecule has 0 atom stereocenters. The van der Waals surface area contributed by atoms with Gasteiger partial charge in [-0.15, -0.1) is 0 Å². The highest BCUT2D eigenvalue weighted by molar-refractivity contribution is 7.99. The SMILES string of the molecule is O=C(O)Cc1nccc(Sc2ccccc2C(=O)O)c1CCCCCCCCc1ccccc1. The van der Waals surface area contributed by atoms with Crippen LogP contribution in [0.25, 0.3) is 0 Å². The number of nitrogens with zero attached hydrogens (tertiary/aromatic N) is 1. The number of hydrogen-bond donors (Lipinski definition) is 2. The van der Waals surface area contributed by atoms with E-state index in [0.717, 1.165) is 42.6 Å². The van der Waals surface area contributed by atoms with Gasteiger partial charge >= 0.3 is 11.9 Å². The Morgan fingerprint density at radius 1 is 0.735 bits per heavy atom. The molecule has 0 aliphatic heterocycles. The summed E-state index contributed by atoms with van der Waals surface area (Å²) in [4.78, 5) is 28.8. The Bertz CT molecular complexity index is 1080. The maximum absolute atomic E-state index is 11.6. The molecule has 178 valence electrons. The predicted octanol–water partition coefficient (Wildman–Crippen LogP) is 6.68. The quantitative estimate of drug-likeness (QED) is 0.252. The molecule has 2 aromatic carbocycles. The van der Waals surface area contributed by atoms with Crippen LogP contribution >= 0.6 is 11.8 Å². The molecule has 0 unspecified atom stereocenters. The van der Waals surface area contributed by atoms with Crippen LogP contribution in [0.15, 0.2) is 76.7 Å². The Hall–Kier alpha value is -3.12. The molecular weight excluding hydrogens is 446 g/mol. The van der Waals surface area contributed by atoms with Gasteiger partial charge in [-0.25, -0.2) is 4.79 Å². The zero-order chi connectivity index (χ0) is 24.2. The van der Waals surface area contributed by atoms with E-state index in [2.05, 4.69) is 29.2 Å². The van der Waals surface area contributed by atoms with Gasteiger partial charge in [0.1, 0.15) is 0 Å². The number of aromatic nitrogens is 1. The molecule has 3 aromatic rings. The molecule has 34 heavy (non-hydrogen) atoms. The highest BCUT2D eigenvalue weighted by Gasteiger charge is 2.16. The van der Waals surface area contributed by atoms with Crippen LogP contribution in [0, 0.1) is 0 Å². The van der Waals surface area contributed by atoms with Gasteiger partial charge in [0.05, 0.1) is 17.7 Å². The van der Waals surface area contributed by atoms with Gasteiger partial charge in [-0.2, -0.15) is 0 Å². The molecule has 0 amide bonds. The molecule has 0 aliphatic rings. The smallest absolute Gasteiger partial charge is 0.336 e. The molecule has 2 N–H and O–H groups in total. The highest BCUT2D eigenvalue weighted by Crippen LogP contribution is 2.34. The second kappa shape index (κ2) is 13.6. The van der Waals surface area contributed by atoms with Crippen molar-refractivity contribution >= 4 is 23.7 Å². The van der Waals surface area contributed by atoms with Crippen molar-refractivity contribution in [1.29, 1.82) is 0 Å². The van der Waals surface area contributed by atoms with Crippen molar-refractivity contribution in [2.24, 2.45) is 0 Å². The summed E-state index contributed by atoms with van der Waals surface area (Å²) in [5.74, 6) is -1.89. The van der Waals surface area contributed by atoms with Crippen molar-refractivity contribution in [3.05, 3.63) is 89.2 Å². The normalized spacial score (nSPS) is 10.8. The fourth-order valence-corrected chi connectivity index (χ4v) is 5.13. The highest BCUT2D eigenvalue weighted by atomic mass is 32.2. The molecule has 0 aliphatic carbocycles. The number of hydrogen-bond acceptors (Lipinski definition) is 4. The average Bonchev–Trinajstić information content (AvgIpc) is 2.82. The summed E-state index contributed by atoms with van der Waals surface area (Å²) < 4.78 is 0. The Kier molecular flexibility index (Phi) is 10.2. The topological polar surface area (TPSA) is 87.5 Å². The maximum Gasteiger partial charge on any atom is 0.336 e. The van der Waals surface area contributed by atoms with Crippen molar-refractivity contribution in [3.63, 3.8) is 0 Å². The molecule has 5 nitrogen and oxygen atoms in total. The summed E-state index contributed by atoms with van der Waals surface area (Å²) in [6, 6.07) is 19.3. The number of rotatable bonds is 14. The molecule has 3 rings (SSSR count). The zero-order valence-electron chi connectivity index (χ0n) is 19.3. The molecule has 0 saturated carbocycles. The molecule has 0 fully saturated rings. The third-order valence-electron chi connectivity index (χ3n) is 5.74. The first kappa shape index (κ1) is 25.5. The number of aryl methyl sites for hydroxylation is 1. The Balaban J connectivity index is 1.56. The number of carboxylic acid groups (broad SMARTS) is 2. The van der Waals surface area contributed by atoms with E-state index in [1.54, 1.807) is 24.4 Å². The minimum Gasteiger partial charge on any atom is -0.481 e. The molecule has 0 saturated heterocycles. The predicted molar refractivity (Wildman–Crippen MR) is 135 cm³/mol. The van der Waals surface area contributed by atoms with Crippen LogP contribution < -0.4 is 0 Å². The number of pyridine rings is 1. The van der Waals surface area contributed by atoms with Crippen LogP contribution in [-0.4, -0.2) is 27.1 Å². The number of unbranched alkanes of at least 4 members (excludes halogenated alkanes) is 5. The molecular formula is C28H31NO4S. The lowest BCUT2D eigenvalue weighted by atomic mass is 10.0. The van der Waals surface area contributed by atoms with Crippen molar-refractivity contribution in [2.45, 2.75) is 67.6 Å². The molecule has 6 heteroatoms. The van der Waals surface area contributed by atoms with Gasteiger partial charge in [0.25, 0.3) is 0 Å². The average molecular weight is 478 g/mol. The fourth-order valence-electron chi connectivity index (χ4n) is 4.01. The van der Waals surface area contributed by atoms with Crippen LogP contribution in [0.1, 0.15) is 65.7 Å². The standard InChI is InChI=1S/C28H31NO4S/c30-27(31)20-24-22(15-9-4-2-1-3-6-12-21-13-7-5-8-14-21)26(18-19-29-24)34-25-17-11-10-16-23(25)28(32)33/h5,7-8,10-11,13-14,16-19H,1-4,6,9,12,15,20H2,(H,30,31)(H,32,33). The lowest BCUT2D eigenvalue weighted by Gasteiger charge is -2.14. The summed E-state index contributed by atoms with van der Waals surface area (Å²) in [7, 11) is 0. The van der Waals surface area contributed by atoms with Crippen LogP contribution in [-0.2, 0) is 24.1 Å². The summed E-state index contributed by atoms with van der Waals surface area (Å²) in [5, 5.41) is 18.8. The summed E-state index contributed by atoms with van der Waals surface area (Å²) in [6.07, 6.45) is 10.1. The number of aromatic carboxylic acids is 1. The van der Waals surface area contributed by atoms with Gasteiger partial charge in [-0.1, -0.05) is 79.9 Å². The number of carbonyl (C=O) groups is 2. The van der Waals surface area contributed by atoms with Crippen LogP contribution in [0.4, 0.5) is 0 Å². The molecule has 0 spiro atoms. The van der Waals surface area contributed by atoms with Gasteiger partial charge in [0, 0.05) is 16.0 Å². The van der Waals surface area contributed by atoms with E-state index in [-0.39, 0.29) is 12.0 Å². The van der Waals surface area contributed by atoms with Crippen molar-refractivity contribution < 1.29 is 19.8 Å². The lowest BCUT2D eigenvalue weighted by molar-refractivity contribution is -0.136. The molecule has 0 radical (unpaired) electrons. The van der Waals surface area contributed by atoms with E-state index < -0.39 is 11.9 Å². The van der Waals surface area contributed by atoms with Crippen LogP contribution in [0.3, 0.4) is 0 Å². The van der Waals surface area contributed by atoms with Gasteiger partial charge in [0.15, 0.2) is 0 Å². The Morgan fingerprint density at radius 3 is 2.09 bits per heavy atom. The van der Waals surface area contributed by atoms with Gasteiger partial charge in [-0.3, -0.25) is 9.78 Å². The molecule has 0 bridgehead atoms. The van der Waals surface area contributed by atoms with Gasteiger partial charge in [-0.05, 0) is 55.0 Å². The van der Waals surface area contributed by atoms with E-state index in [4.69, 9.17) is 0 Å². The van der Waals surface area contributed by atoms with Crippen molar-refractivity contribution in [3.8, 4) is 0 Å². The molecule has 1 aromatic heterocycles. The molecule has 1 heterocycles. The third-order valence-corrected chi connectivity index (χ3v) is 6.92. The number of aliphatic carboxylic acids is 1. The first-order chi connectivity index (χ1) is 16.5. The minimum absolute atomic E-state index is 0.135. The summed E-state index contributed by atoms with van der Waals surface area (Å²) in [6.45, 7) is 0. The lowest BCUT2D eigenvalue weighted by Crippen LogP contribution is -2.07. The maximum atomic E-state index is 11.6. The van der Waals surface area contributed by atoms with Crippen molar-refractivity contribution in [1.82, 2.24) is 4.98 Å². The Labute approximate surface area is 205 Å². The summed E-state index contributed by atoms with van der Waals surface area (Å²) >= 11 is 1.37. The minimum atomic E-state index is -0.975. The van der Waals surface area contributed by atoms with E-state index in [0.29, 0.717) is 10.6 Å². The second-order valence-corrected chi connectivity index (χ2v) is 9.40. The van der Waals surface area contributed by atoms with E-state index in [1.807, 2.05) is 18.2 Å².